The van der Waals surface area contributed by atoms with Gasteiger partial charge in [0.2, 0.25) is 6.41 Å². The molecule has 5 nitrogen and oxygen atoms in total. The maximum atomic E-state index is 9.55. The Morgan fingerprint density at radius 1 is 1.50 bits per heavy atom. The number of hydrogen-bond donors (Lipinski definition) is 3. The van der Waals surface area contributed by atoms with Gasteiger partial charge in [-0.2, -0.15) is 10.7 Å². The Kier molecular flexibility index (Phi) is 0.714. The van der Waals surface area contributed by atoms with Gasteiger partial charge in [0, 0.05) is 0 Å². The quantitative estimate of drug-likeness (QED) is 0.321. The molecule has 0 aromatic rings. The molecule has 1 fully saturated rings. The second kappa shape index (κ2) is 1.21. The summed E-state index contributed by atoms with van der Waals surface area (Å²) in [6.45, 7) is 0. The summed E-state index contributed by atoms with van der Waals surface area (Å²) >= 11 is 0. The van der Waals surface area contributed by atoms with Crippen molar-refractivity contribution in [3.8, 4) is 0 Å². The third kappa shape index (κ3) is 0.342. The molecule has 0 aromatic heterocycles. The van der Waals surface area contributed by atoms with Gasteiger partial charge in [-0.3, -0.25) is 4.79 Å². The molecule has 6 heavy (non-hydrogen) atoms. The third-order valence-corrected chi connectivity index (χ3v) is 0.458. The van der Waals surface area contributed by atoms with Gasteiger partial charge in [0.05, 0.1) is 0 Å². The molecule has 1 rings (SSSR count). The first-order valence-electron chi connectivity index (χ1n) is 1.44. The third-order valence-electron chi connectivity index (χ3n) is 0.458. The van der Waals surface area contributed by atoms with E-state index in [-0.39, 0.29) is 0 Å². The summed E-state index contributed by atoms with van der Waals surface area (Å²) in [7, 11) is 0. The zero-order chi connectivity index (χ0) is 4.41. The minimum atomic E-state index is 0.608. The fraction of sp³-hybridized carbons (Fsp3) is 0. The minimum absolute atomic E-state index is 0.608. The molecule has 0 bridgehead atoms. The van der Waals surface area contributed by atoms with Crippen LogP contribution in [-0.2, 0) is 4.79 Å². The van der Waals surface area contributed by atoms with Gasteiger partial charge >= 0.3 is 0 Å². The lowest BCUT2D eigenvalue weighted by Gasteiger charge is -2.28. The number of nitrogens with zero attached hydrogens (tertiary/aromatic N) is 1. The van der Waals surface area contributed by atoms with E-state index in [1.807, 2.05) is 0 Å². The predicted octanol–water partition coefficient (Wildman–Crippen LogP) is -2.11. The van der Waals surface area contributed by atoms with Crippen LogP contribution in [-0.4, -0.2) is 11.5 Å². The Labute approximate surface area is 34.2 Å². The number of carbonyl (C=O) groups excluding carboxylic acids is 1. The summed E-state index contributed by atoms with van der Waals surface area (Å²) < 4.78 is 0. The number of nitrogens with one attached hydrogen (secondary N) is 3. The molecule has 1 aliphatic rings. The molecule has 1 saturated heterocycles. The van der Waals surface area contributed by atoms with Crippen molar-refractivity contribution in [3.05, 3.63) is 0 Å². The van der Waals surface area contributed by atoms with Crippen molar-refractivity contribution < 1.29 is 4.79 Å². The Balaban J connectivity index is 2.16. The first-order chi connectivity index (χ1) is 2.93. The molecule has 3 N–H and O–H groups in total. The van der Waals surface area contributed by atoms with Crippen LogP contribution in [0, 0.1) is 0 Å². The van der Waals surface area contributed by atoms with Crippen LogP contribution in [0.2, 0.25) is 0 Å². The average molecular weight is 88.1 g/mol. The molecule has 1 aliphatic heterocycles. The highest BCUT2D eigenvalue weighted by atomic mass is 16.2. The van der Waals surface area contributed by atoms with Crippen LogP contribution in [0.3, 0.4) is 0 Å². The van der Waals surface area contributed by atoms with E-state index < -0.39 is 0 Å². The summed E-state index contributed by atoms with van der Waals surface area (Å²) in [6.07, 6.45) is 0.608. The topological polar surface area (TPSA) is 56.4 Å². The fourth-order valence-corrected chi connectivity index (χ4v) is 0.173. The molecule has 0 atom stereocenters. The fourth-order valence-electron chi connectivity index (χ4n) is 0.173. The Bertz CT molecular complexity index is 58.6. The number of amides is 1. The Morgan fingerprint density at radius 2 is 2.17 bits per heavy atom. The van der Waals surface area contributed by atoms with Gasteiger partial charge < -0.3 is 0 Å². The SMILES string of the molecule is O=CN1NNN1. The summed E-state index contributed by atoms with van der Waals surface area (Å²) in [5, 5.41) is 1.14. The van der Waals surface area contributed by atoms with Crippen molar-refractivity contribution in [3.63, 3.8) is 0 Å². The van der Waals surface area contributed by atoms with Crippen molar-refractivity contribution in [2.75, 3.05) is 0 Å². The second-order valence-corrected chi connectivity index (χ2v) is 0.824. The van der Waals surface area contributed by atoms with E-state index >= 15 is 0 Å². The maximum absolute atomic E-state index is 9.55. The van der Waals surface area contributed by atoms with Gasteiger partial charge in [0.25, 0.3) is 0 Å². The van der Waals surface area contributed by atoms with Gasteiger partial charge in [-0.05, 0) is 0 Å². The lowest BCUT2D eigenvalue weighted by atomic mass is 11.3. The van der Waals surface area contributed by atoms with E-state index in [0.717, 1.165) is 5.12 Å². The highest BCUT2D eigenvalue weighted by molar-refractivity contribution is 5.45. The lowest BCUT2D eigenvalue weighted by molar-refractivity contribution is -0.143. The van der Waals surface area contributed by atoms with Gasteiger partial charge in [-0.15, -0.1) is 11.1 Å². The first kappa shape index (κ1) is 3.54. The van der Waals surface area contributed by atoms with Crippen LogP contribution in [0.15, 0.2) is 0 Å². The summed E-state index contributed by atoms with van der Waals surface area (Å²) in [5.41, 5.74) is 7.21. The molecule has 0 saturated carbocycles. The highest BCUT2D eigenvalue weighted by Crippen LogP contribution is 1.64. The number of rotatable bonds is 1. The molecule has 0 aliphatic carbocycles. The van der Waals surface area contributed by atoms with E-state index in [2.05, 4.69) is 16.6 Å². The predicted molar refractivity (Wildman–Crippen MR) is 17.3 cm³/mol. The molecule has 0 radical (unpaired) electrons. The molecule has 5 heteroatoms. The number of hydrogen-bond acceptors (Lipinski definition) is 4. The van der Waals surface area contributed by atoms with Crippen LogP contribution >= 0.6 is 0 Å². The molecule has 1 amide bonds. The zero-order valence-corrected chi connectivity index (χ0v) is 2.93. The minimum Gasteiger partial charge on any atom is -0.276 e. The molecule has 0 spiro atoms. The van der Waals surface area contributed by atoms with E-state index in [1.54, 1.807) is 0 Å². The maximum Gasteiger partial charge on any atom is 0.241 e. The van der Waals surface area contributed by atoms with Gasteiger partial charge in [0.1, 0.15) is 0 Å². The van der Waals surface area contributed by atoms with Crippen LogP contribution in [0.5, 0.6) is 0 Å². The normalized spacial score (nSPS) is 19.7. The van der Waals surface area contributed by atoms with Crippen molar-refractivity contribution >= 4 is 6.41 Å². The van der Waals surface area contributed by atoms with Crippen molar-refractivity contribution in [1.82, 2.24) is 21.7 Å². The van der Waals surface area contributed by atoms with Crippen LogP contribution in [0.4, 0.5) is 0 Å². The Morgan fingerprint density at radius 3 is 2.17 bits per heavy atom. The zero-order valence-electron chi connectivity index (χ0n) is 2.93. The molecule has 0 aromatic carbocycles. The van der Waals surface area contributed by atoms with E-state index in [1.165, 1.54) is 0 Å². The molecular weight excluding hydrogens is 84.0 g/mol. The number of carbonyl (C=O) groups is 1. The van der Waals surface area contributed by atoms with Crippen molar-refractivity contribution in [2.45, 2.75) is 0 Å². The summed E-state index contributed by atoms with van der Waals surface area (Å²) in [4.78, 5) is 9.55. The average Bonchev–Trinajstić information content (AvgIpc) is 1.31. The molecule has 0 unspecified atom stereocenters. The van der Waals surface area contributed by atoms with Gasteiger partial charge in [-0.25, -0.2) is 0 Å². The smallest absolute Gasteiger partial charge is 0.241 e. The molecule has 1 heterocycles. The Hall–Kier alpha value is -0.650. The van der Waals surface area contributed by atoms with Crippen molar-refractivity contribution in [1.29, 1.82) is 0 Å². The van der Waals surface area contributed by atoms with E-state index in [4.69, 9.17) is 0 Å². The largest absolute Gasteiger partial charge is 0.276 e. The van der Waals surface area contributed by atoms with Crippen molar-refractivity contribution in [2.24, 2.45) is 0 Å². The van der Waals surface area contributed by atoms with Gasteiger partial charge in [0.15, 0.2) is 0 Å². The lowest BCUT2D eigenvalue weighted by Crippen LogP contribution is -2.72. The molecule has 34 valence electrons. The second-order valence-electron chi connectivity index (χ2n) is 0.824. The standard InChI is InChI=1S/CH4N4O/c6-1-5-3-2-4-5/h1-4H. The van der Waals surface area contributed by atoms with E-state index in [9.17, 15) is 4.79 Å². The molecular formula is CH4N4O. The number of hydrazine groups is 4. The van der Waals surface area contributed by atoms with Crippen LogP contribution < -0.4 is 16.6 Å². The monoisotopic (exact) mass is 88.0 g/mol. The first-order valence-corrected chi connectivity index (χ1v) is 1.44. The van der Waals surface area contributed by atoms with E-state index in [0.29, 0.717) is 6.41 Å². The summed E-state index contributed by atoms with van der Waals surface area (Å²) in [5.74, 6) is 0. The van der Waals surface area contributed by atoms with Crippen LogP contribution in [0.25, 0.3) is 0 Å². The van der Waals surface area contributed by atoms with Crippen LogP contribution in [0.1, 0.15) is 0 Å². The highest BCUT2D eigenvalue weighted by Gasteiger charge is 2.04. The summed E-state index contributed by atoms with van der Waals surface area (Å²) in [6, 6.07) is 0. The van der Waals surface area contributed by atoms with Gasteiger partial charge in [-0.1, -0.05) is 0 Å².